The maximum Gasteiger partial charge on any atom is 0.132 e. The summed E-state index contributed by atoms with van der Waals surface area (Å²) in [6, 6.07) is 0. The monoisotopic (exact) mass is 228 g/mol. The van der Waals surface area contributed by atoms with Crippen LogP contribution in [0.5, 0.6) is 0 Å². The van der Waals surface area contributed by atoms with E-state index in [0.717, 1.165) is 17.5 Å². The smallest absolute Gasteiger partial charge is 0.132 e. The van der Waals surface area contributed by atoms with Crippen molar-refractivity contribution < 1.29 is 0 Å². The van der Waals surface area contributed by atoms with Crippen LogP contribution >= 0.6 is 22.1 Å². The van der Waals surface area contributed by atoms with Gasteiger partial charge >= 0.3 is 0 Å². The zero-order valence-electron chi connectivity index (χ0n) is 7.96. The van der Waals surface area contributed by atoms with Crippen molar-refractivity contribution >= 4 is 33.8 Å². The number of rotatable bonds is 4. The molecule has 4 nitrogen and oxygen atoms in total. The Hall–Kier alpha value is -0.670. The Balaban J connectivity index is 2.83. The van der Waals surface area contributed by atoms with E-state index in [2.05, 4.69) is 37.4 Å². The SMILES string of the molecule is C/C=C\c1nn(S)cc1N=NCCP. The van der Waals surface area contributed by atoms with Crippen molar-refractivity contribution in [2.75, 3.05) is 12.7 Å². The molecule has 0 amide bonds. The predicted octanol–water partition coefficient (Wildman–Crippen LogP) is 2.57. The summed E-state index contributed by atoms with van der Waals surface area (Å²) in [7, 11) is 2.60. The quantitative estimate of drug-likeness (QED) is 0.480. The van der Waals surface area contributed by atoms with E-state index in [4.69, 9.17) is 0 Å². The minimum Gasteiger partial charge on any atom is -0.214 e. The van der Waals surface area contributed by atoms with Gasteiger partial charge in [-0.1, -0.05) is 6.08 Å². The van der Waals surface area contributed by atoms with Crippen LogP contribution < -0.4 is 0 Å². The van der Waals surface area contributed by atoms with Gasteiger partial charge in [-0.25, -0.2) is 4.09 Å². The van der Waals surface area contributed by atoms with E-state index in [1.807, 2.05) is 19.1 Å². The van der Waals surface area contributed by atoms with E-state index in [1.54, 1.807) is 6.20 Å². The van der Waals surface area contributed by atoms with Gasteiger partial charge in [-0.05, 0) is 32.0 Å². The van der Waals surface area contributed by atoms with Gasteiger partial charge in [-0.2, -0.15) is 15.3 Å². The summed E-state index contributed by atoms with van der Waals surface area (Å²) < 4.78 is 1.43. The maximum atomic E-state index is 4.11. The molecule has 1 unspecified atom stereocenters. The molecule has 1 aromatic heterocycles. The van der Waals surface area contributed by atoms with Crippen molar-refractivity contribution in [2.45, 2.75) is 6.92 Å². The fourth-order valence-corrected chi connectivity index (χ4v) is 1.22. The molecular weight excluding hydrogens is 215 g/mol. The third-order valence-corrected chi connectivity index (χ3v) is 1.91. The third kappa shape index (κ3) is 3.24. The van der Waals surface area contributed by atoms with Crippen LogP contribution in [0.1, 0.15) is 12.6 Å². The number of aromatic nitrogens is 2. The van der Waals surface area contributed by atoms with Crippen LogP contribution in [0.4, 0.5) is 5.69 Å². The normalized spacial score (nSPS) is 11.9. The van der Waals surface area contributed by atoms with Crippen molar-refractivity contribution in [2.24, 2.45) is 10.2 Å². The summed E-state index contributed by atoms with van der Waals surface area (Å²) in [5, 5.41) is 12.2. The zero-order valence-corrected chi connectivity index (χ0v) is 10.0. The van der Waals surface area contributed by atoms with Crippen molar-refractivity contribution in [3.05, 3.63) is 18.0 Å². The summed E-state index contributed by atoms with van der Waals surface area (Å²) in [6.45, 7) is 2.64. The van der Waals surface area contributed by atoms with Gasteiger partial charge < -0.3 is 0 Å². The summed E-state index contributed by atoms with van der Waals surface area (Å²) >= 11 is 4.08. The second kappa shape index (κ2) is 5.94. The molecule has 0 saturated heterocycles. The van der Waals surface area contributed by atoms with Gasteiger partial charge in [0.15, 0.2) is 0 Å². The van der Waals surface area contributed by atoms with E-state index in [-0.39, 0.29) is 0 Å². The van der Waals surface area contributed by atoms with Crippen molar-refractivity contribution in [1.29, 1.82) is 0 Å². The van der Waals surface area contributed by atoms with Gasteiger partial charge in [0.2, 0.25) is 0 Å². The molecule has 0 spiro atoms. The Bertz CT molecular complexity index is 345. The number of nitrogens with zero attached hydrogens (tertiary/aromatic N) is 4. The molecule has 0 saturated carbocycles. The lowest BCUT2D eigenvalue weighted by atomic mass is 10.3. The van der Waals surface area contributed by atoms with Crippen molar-refractivity contribution in [1.82, 2.24) is 9.19 Å². The highest BCUT2D eigenvalue weighted by Crippen LogP contribution is 2.19. The predicted molar refractivity (Wildman–Crippen MR) is 65.3 cm³/mol. The van der Waals surface area contributed by atoms with Crippen LogP contribution in [0.2, 0.25) is 0 Å². The molecule has 0 bridgehead atoms. The summed E-state index contributed by atoms with van der Waals surface area (Å²) in [5.41, 5.74) is 1.53. The molecule has 0 aliphatic carbocycles. The van der Waals surface area contributed by atoms with Crippen LogP contribution in [-0.4, -0.2) is 21.9 Å². The molecule has 1 rings (SSSR count). The fraction of sp³-hybridized carbons (Fsp3) is 0.375. The Kier molecular flexibility index (Phi) is 4.84. The summed E-state index contributed by atoms with van der Waals surface area (Å²) in [6.07, 6.45) is 6.43. The highest BCUT2D eigenvalue weighted by molar-refractivity contribution is 7.78. The summed E-state index contributed by atoms with van der Waals surface area (Å²) in [4.78, 5) is 0. The maximum absolute atomic E-state index is 4.11. The lowest BCUT2D eigenvalue weighted by molar-refractivity contribution is 1.01. The molecule has 1 aromatic rings. The van der Waals surface area contributed by atoms with Crippen molar-refractivity contribution in [3.8, 4) is 0 Å². The minimum atomic E-state index is 0.706. The fourth-order valence-electron chi connectivity index (χ4n) is 0.904. The molecule has 6 heteroatoms. The van der Waals surface area contributed by atoms with Gasteiger partial charge in [0, 0.05) is 0 Å². The Morgan fingerprint density at radius 3 is 3.14 bits per heavy atom. The topological polar surface area (TPSA) is 42.5 Å². The molecule has 1 heterocycles. The van der Waals surface area contributed by atoms with Crippen LogP contribution in [-0.2, 0) is 0 Å². The molecule has 0 aliphatic heterocycles. The number of azo groups is 1. The molecule has 1 atom stereocenters. The highest BCUT2D eigenvalue weighted by atomic mass is 32.1. The molecule has 0 aliphatic rings. The van der Waals surface area contributed by atoms with E-state index in [9.17, 15) is 0 Å². The van der Waals surface area contributed by atoms with E-state index in [1.165, 1.54) is 4.09 Å². The lowest BCUT2D eigenvalue weighted by Crippen LogP contribution is -1.79. The molecule has 0 fully saturated rings. The molecule has 14 heavy (non-hydrogen) atoms. The second-order valence-corrected chi connectivity index (χ2v) is 3.56. The van der Waals surface area contributed by atoms with E-state index >= 15 is 0 Å². The van der Waals surface area contributed by atoms with Crippen LogP contribution in [0, 0.1) is 0 Å². The zero-order chi connectivity index (χ0) is 10.4. The largest absolute Gasteiger partial charge is 0.214 e. The first-order valence-corrected chi connectivity index (χ1v) is 5.48. The van der Waals surface area contributed by atoms with Gasteiger partial charge in [-0.3, -0.25) is 0 Å². The van der Waals surface area contributed by atoms with Crippen LogP contribution in [0.15, 0.2) is 22.5 Å². The Morgan fingerprint density at radius 1 is 1.71 bits per heavy atom. The highest BCUT2D eigenvalue weighted by Gasteiger charge is 2.02. The van der Waals surface area contributed by atoms with Gasteiger partial charge in [0.25, 0.3) is 0 Å². The molecule has 0 aromatic carbocycles. The number of allylic oxidation sites excluding steroid dienone is 1. The first kappa shape index (κ1) is 11.4. The standard InChI is InChI=1S/C8H13N4PS/c1-2-3-7-8(6-12(14)11-7)10-9-4-5-13/h2-3,6,14H,4-5,13H2,1H3/b3-2-,10-9?. The number of hydrogen-bond donors (Lipinski definition) is 1. The summed E-state index contributed by atoms with van der Waals surface area (Å²) in [5.74, 6) is 0. The van der Waals surface area contributed by atoms with E-state index in [0.29, 0.717) is 6.54 Å². The van der Waals surface area contributed by atoms with Gasteiger partial charge in [0.1, 0.15) is 11.4 Å². The second-order valence-electron chi connectivity index (χ2n) is 2.57. The first-order valence-electron chi connectivity index (χ1n) is 4.27. The molecule has 0 radical (unpaired) electrons. The van der Waals surface area contributed by atoms with Gasteiger partial charge in [0.05, 0.1) is 12.7 Å². The Morgan fingerprint density at radius 2 is 2.50 bits per heavy atom. The molecule has 76 valence electrons. The van der Waals surface area contributed by atoms with E-state index < -0.39 is 0 Å². The molecule has 0 N–H and O–H groups in total. The molecular formula is C8H13N4PS. The number of hydrogen-bond acceptors (Lipinski definition) is 4. The number of thiol groups is 1. The van der Waals surface area contributed by atoms with Gasteiger partial charge in [-0.15, -0.1) is 9.24 Å². The van der Waals surface area contributed by atoms with Crippen LogP contribution in [0.3, 0.4) is 0 Å². The minimum absolute atomic E-state index is 0.706. The van der Waals surface area contributed by atoms with Crippen LogP contribution in [0.25, 0.3) is 6.08 Å². The average Bonchev–Trinajstić information content (AvgIpc) is 2.48. The first-order chi connectivity index (χ1) is 6.77. The third-order valence-electron chi connectivity index (χ3n) is 1.44. The Labute approximate surface area is 91.2 Å². The lowest BCUT2D eigenvalue weighted by Gasteiger charge is -1.87. The van der Waals surface area contributed by atoms with Crippen molar-refractivity contribution in [3.63, 3.8) is 0 Å². The average molecular weight is 228 g/mol.